The van der Waals surface area contributed by atoms with Gasteiger partial charge in [0, 0.05) is 12.5 Å². The zero-order valence-corrected chi connectivity index (χ0v) is 10.0. The first-order valence-corrected chi connectivity index (χ1v) is 5.72. The Morgan fingerprint density at radius 1 is 1.40 bits per heavy atom. The summed E-state index contributed by atoms with van der Waals surface area (Å²) in [6, 6.07) is 0. The van der Waals surface area contributed by atoms with Crippen LogP contribution in [0, 0.1) is 5.92 Å². The van der Waals surface area contributed by atoms with E-state index in [0.717, 1.165) is 19.3 Å². The second kappa shape index (κ2) is 6.80. The smallest absolute Gasteiger partial charge is 0.224 e. The minimum Gasteiger partial charge on any atom is -0.394 e. The fourth-order valence-electron chi connectivity index (χ4n) is 1.51. The van der Waals surface area contributed by atoms with Crippen LogP contribution < -0.4 is 11.1 Å². The average molecular weight is 216 g/mol. The molecule has 0 aromatic carbocycles. The Morgan fingerprint density at radius 2 is 1.93 bits per heavy atom. The maximum Gasteiger partial charge on any atom is 0.224 e. The molecule has 0 aromatic rings. The van der Waals surface area contributed by atoms with E-state index < -0.39 is 5.54 Å². The van der Waals surface area contributed by atoms with Crippen molar-refractivity contribution in [2.45, 2.75) is 45.6 Å². The van der Waals surface area contributed by atoms with Crippen molar-refractivity contribution in [2.24, 2.45) is 11.7 Å². The minimum atomic E-state index is -0.473. The fraction of sp³-hybridized carbons (Fsp3) is 0.909. The predicted octanol–water partition coefficient (Wildman–Crippen LogP) is 0.639. The SMILES string of the molecule is CCC(CN)C(=O)NC(CC)(CC)CO. The highest BCUT2D eigenvalue weighted by Gasteiger charge is 2.29. The molecule has 1 unspecified atom stereocenters. The van der Waals surface area contributed by atoms with Crippen LogP contribution in [-0.4, -0.2) is 29.7 Å². The second-order valence-corrected chi connectivity index (χ2v) is 3.98. The molecule has 0 bridgehead atoms. The molecule has 1 atom stereocenters. The number of aliphatic hydroxyl groups excluding tert-OH is 1. The summed E-state index contributed by atoms with van der Waals surface area (Å²) >= 11 is 0. The topological polar surface area (TPSA) is 75.4 Å². The molecule has 0 spiro atoms. The first-order chi connectivity index (χ1) is 7.09. The van der Waals surface area contributed by atoms with Gasteiger partial charge in [0.2, 0.25) is 5.91 Å². The molecular formula is C11H24N2O2. The van der Waals surface area contributed by atoms with E-state index in [1.54, 1.807) is 0 Å². The third kappa shape index (κ3) is 3.80. The highest BCUT2D eigenvalue weighted by atomic mass is 16.3. The molecule has 4 N–H and O–H groups in total. The van der Waals surface area contributed by atoms with Crippen LogP contribution in [0.4, 0.5) is 0 Å². The Morgan fingerprint density at radius 3 is 2.20 bits per heavy atom. The summed E-state index contributed by atoms with van der Waals surface area (Å²) in [6.07, 6.45) is 2.19. The van der Waals surface area contributed by atoms with Crippen LogP contribution in [0.2, 0.25) is 0 Å². The van der Waals surface area contributed by atoms with Crippen molar-refractivity contribution in [1.29, 1.82) is 0 Å². The van der Waals surface area contributed by atoms with Gasteiger partial charge in [-0.15, -0.1) is 0 Å². The third-order valence-corrected chi connectivity index (χ3v) is 3.19. The van der Waals surface area contributed by atoms with Gasteiger partial charge in [0.15, 0.2) is 0 Å². The van der Waals surface area contributed by atoms with Crippen molar-refractivity contribution in [3.63, 3.8) is 0 Å². The van der Waals surface area contributed by atoms with Gasteiger partial charge in [-0.2, -0.15) is 0 Å². The standard InChI is InChI=1S/C11H24N2O2/c1-4-9(7-12)10(15)13-11(5-2,6-3)8-14/h9,14H,4-8,12H2,1-3H3,(H,13,15). The van der Waals surface area contributed by atoms with E-state index in [4.69, 9.17) is 5.73 Å². The van der Waals surface area contributed by atoms with Gasteiger partial charge in [-0.1, -0.05) is 20.8 Å². The number of hydrogen-bond acceptors (Lipinski definition) is 3. The van der Waals surface area contributed by atoms with E-state index in [2.05, 4.69) is 5.32 Å². The summed E-state index contributed by atoms with van der Waals surface area (Å²) in [5, 5.41) is 12.2. The van der Waals surface area contributed by atoms with E-state index in [-0.39, 0.29) is 18.4 Å². The molecular weight excluding hydrogens is 192 g/mol. The largest absolute Gasteiger partial charge is 0.394 e. The lowest BCUT2D eigenvalue weighted by Gasteiger charge is -2.32. The summed E-state index contributed by atoms with van der Waals surface area (Å²) in [6.45, 7) is 6.20. The van der Waals surface area contributed by atoms with Gasteiger partial charge in [-0.25, -0.2) is 0 Å². The lowest BCUT2D eigenvalue weighted by molar-refractivity contribution is -0.127. The number of aliphatic hydroxyl groups is 1. The average Bonchev–Trinajstić information content (AvgIpc) is 2.28. The summed E-state index contributed by atoms with van der Waals surface area (Å²) in [5.41, 5.74) is 5.03. The summed E-state index contributed by atoms with van der Waals surface area (Å²) in [7, 11) is 0. The highest BCUT2D eigenvalue weighted by Crippen LogP contribution is 2.15. The van der Waals surface area contributed by atoms with E-state index in [1.165, 1.54) is 0 Å². The monoisotopic (exact) mass is 216 g/mol. The molecule has 15 heavy (non-hydrogen) atoms. The Balaban J connectivity index is 4.46. The molecule has 90 valence electrons. The predicted molar refractivity (Wildman–Crippen MR) is 61.4 cm³/mol. The maximum atomic E-state index is 11.8. The van der Waals surface area contributed by atoms with Crippen molar-refractivity contribution < 1.29 is 9.90 Å². The molecule has 0 heterocycles. The minimum absolute atomic E-state index is 0.0211. The van der Waals surface area contributed by atoms with E-state index in [0.29, 0.717) is 6.54 Å². The quantitative estimate of drug-likeness (QED) is 0.584. The third-order valence-electron chi connectivity index (χ3n) is 3.19. The zero-order valence-electron chi connectivity index (χ0n) is 10.0. The first-order valence-electron chi connectivity index (χ1n) is 5.72. The number of rotatable bonds is 7. The zero-order chi connectivity index (χ0) is 11.9. The Bertz CT molecular complexity index is 179. The van der Waals surface area contributed by atoms with Gasteiger partial charge in [0.05, 0.1) is 12.1 Å². The molecule has 1 amide bonds. The van der Waals surface area contributed by atoms with E-state index in [9.17, 15) is 9.90 Å². The number of hydrogen-bond donors (Lipinski definition) is 3. The lowest BCUT2D eigenvalue weighted by Crippen LogP contribution is -2.53. The Hall–Kier alpha value is -0.610. The van der Waals surface area contributed by atoms with Gasteiger partial charge in [0.25, 0.3) is 0 Å². The highest BCUT2D eigenvalue weighted by molar-refractivity contribution is 5.79. The van der Waals surface area contributed by atoms with Crippen LogP contribution in [0.1, 0.15) is 40.0 Å². The first kappa shape index (κ1) is 14.4. The van der Waals surface area contributed by atoms with Gasteiger partial charge < -0.3 is 16.2 Å². The number of nitrogens with two attached hydrogens (primary N) is 1. The molecule has 0 aliphatic heterocycles. The van der Waals surface area contributed by atoms with Crippen LogP contribution in [0.5, 0.6) is 0 Å². The van der Waals surface area contributed by atoms with Crippen molar-refractivity contribution >= 4 is 5.91 Å². The number of amides is 1. The van der Waals surface area contributed by atoms with Gasteiger partial charge in [-0.05, 0) is 19.3 Å². The molecule has 0 aliphatic carbocycles. The molecule has 4 heteroatoms. The molecule has 0 radical (unpaired) electrons. The lowest BCUT2D eigenvalue weighted by atomic mass is 9.92. The Kier molecular flexibility index (Phi) is 6.52. The second-order valence-electron chi connectivity index (χ2n) is 3.98. The molecule has 0 saturated carbocycles. The van der Waals surface area contributed by atoms with Crippen LogP contribution in [0.25, 0.3) is 0 Å². The summed E-state index contributed by atoms with van der Waals surface area (Å²) in [5.74, 6) is -0.188. The summed E-state index contributed by atoms with van der Waals surface area (Å²) in [4.78, 5) is 11.8. The number of carbonyl (C=O) groups is 1. The molecule has 0 rings (SSSR count). The van der Waals surface area contributed by atoms with Crippen LogP contribution in [-0.2, 0) is 4.79 Å². The fourth-order valence-corrected chi connectivity index (χ4v) is 1.51. The van der Waals surface area contributed by atoms with E-state index in [1.807, 2.05) is 20.8 Å². The molecule has 0 aromatic heterocycles. The molecule has 0 aliphatic rings. The number of nitrogens with one attached hydrogen (secondary N) is 1. The normalized spacial score (nSPS) is 13.7. The van der Waals surface area contributed by atoms with Crippen molar-refractivity contribution in [2.75, 3.05) is 13.2 Å². The van der Waals surface area contributed by atoms with Crippen molar-refractivity contribution in [1.82, 2.24) is 5.32 Å². The Labute approximate surface area is 92.2 Å². The maximum absolute atomic E-state index is 11.8. The van der Waals surface area contributed by atoms with Crippen molar-refractivity contribution in [3.8, 4) is 0 Å². The summed E-state index contributed by atoms with van der Waals surface area (Å²) < 4.78 is 0. The van der Waals surface area contributed by atoms with Gasteiger partial charge in [0.1, 0.15) is 0 Å². The van der Waals surface area contributed by atoms with E-state index >= 15 is 0 Å². The van der Waals surface area contributed by atoms with Crippen LogP contribution in [0.3, 0.4) is 0 Å². The number of carbonyl (C=O) groups excluding carboxylic acids is 1. The molecule has 0 fully saturated rings. The van der Waals surface area contributed by atoms with Gasteiger partial charge in [-0.3, -0.25) is 4.79 Å². The molecule has 4 nitrogen and oxygen atoms in total. The molecule has 0 saturated heterocycles. The van der Waals surface area contributed by atoms with Gasteiger partial charge >= 0.3 is 0 Å². The van der Waals surface area contributed by atoms with Crippen LogP contribution in [0.15, 0.2) is 0 Å². The van der Waals surface area contributed by atoms with Crippen LogP contribution >= 0.6 is 0 Å². The van der Waals surface area contributed by atoms with Crippen molar-refractivity contribution in [3.05, 3.63) is 0 Å².